The van der Waals surface area contributed by atoms with Gasteiger partial charge in [-0.15, -0.1) is 0 Å². The molecule has 0 radical (unpaired) electrons. The van der Waals surface area contributed by atoms with Crippen molar-refractivity contribution in [2.75, 3.05) is 21.3 Å². The summed E-state index contributed by atoms with van der Waals surface area (Å²) in [5.74, 6) is 0.00110. The Morgan fingerprint density at radius 3 is 2.15 bits per heavy atom. The van der Waals surface area contributed by atoms with Crippen LogP contribution in [0.25, 0.3) is 5.76 Å². The zero-order chi connectivity index (χ0) is 24.2. The topological polar surface area (TPSA) is 85.3 Å². The van der Waals surface area contributed by atoms with E-state index in [2.05, 4.69) is 0 Å². The van der Waals surface area contributed by atoms with E-state index in [1.807, 2.05) is 18.2 Å². The number of likely N-dealkylation sites (tertiary alicyclic amines) is 1. The van der Waals surface area contributed by atoms with Gasteiger partial charge in [0.05, 0.1) is 32.9 Å². The van der Waals surface area contributed by atoms with Gasteiger partial charge in [0.1, 0.15) is 11.5 Å². The third-order valence-corrected chi connectivity index (χ3v) is 5.82. The summed E-state index contributed by atoms with van der Waals surface area (Å²) in [5, 5.41) is 11.1. The minimum Gasteiger partial charge on any atom is -0.507 e. The monoisotopic (exact) mass is 459 g/mol. The number of benzene rings is 3. The number of carbonyl (C=O) groups is 2. The number of carbonyl (C=O) groups excluding carboxylic acids is 2. The van der Waals surface area contributed by atoms with Gasteiger partial charge in [0, 0.05) is 12.1 Å². The maximum Gasteiger partial charge on any atom is 0.295 e. The molecule has 1 atom stereocenters. The normalized spacial score (nSPS) is 17.0. The van der Waals surface area contributed by atoms with Crippen LogP contribution in [0.15, 0.2) is 78.4 Å². The molecule has 1 unspecified atom stereocenters. The van der Waals surface area contributed by atoms with E-state index in [9.17, 15) is 14.7 Å². The first-order chi connectivity index (χ1) is 16.5. The number of rotatable bonds is 7. The fourth-order valence-corrected chi connectivity index (χ4v) is 4.09. The van der Waals surface area contributed by atoms with Crippen molar-refractivity contribution in [3.05, 3.63) is 95.1 Å². The Hall–Kier alpha value is -4.26. The summed E-state index contributed by atoms with van der Waals surface area (Å²) >= 11 is 0. The van der Waals surface area contributed by atoms with Crippen LogP contribution < -0.4 is 14.2 Å². The minimum atomic E-state index is -0.817. The number of aliphatic hydroxyl groups is 1. The lowest BCUT2D eigenvalue weighted by atomic mass is 9.95. The van der Waals surface area contributed by atoms with E-state index in [0.29, 0.717) is 28.4 Å². The standard InChI is InChI=1S/C27H25NO6/c1-32-20-12-9-17(10-13-20)16-28-24(19-11-14-21(33-2)22(15-19)34-3)23(26(30)27(28)31)25(29)18-7-5-4-6-8-18/h4-15,24,29H,16H2,1-3H3/b25-23-. The molecule has 7 nitrogen and oxygen atoms in total. The van der Waals surface area contributed by atoms with Gasteiger partial charge in [-0.1, -0.05) is 48.5 Å². The molecule has 1 heterocycles. The predicted octanol–water partition coefficient (Wildman–Crippen LogP) is 4.33. The molecule has 1 fully saturated rings. The Morgan fingerprint density at radius 2 is 1.53 bits per heavy atom. The number of hydrogen-bond donors (Lipinski definition) is 1. The van der Waals surface area contributed by atoms with Crippen LogP contribution in [-0.2, 0) is 16.1 Å². The van der Waals surface area contributed by atoms with Crippen molar-refractivity contribution < 1.29 is 28.9 Å². The molecule has 7 heteroatoms. The van der Waals surface area contributed by atoms with Gasteiger partial charge in [-0.05, 0) is 35.4 Å². The van der Waals surface area contributed by atoms with E-state index < -0.39 is 17.7 Å². The van der Waals surface area contributed by atoms with E-state index in [0.717, 1.165) is 5.56 Å². The number of nitrogens with zero attached hydrogens (tertiary/aromatic N) is 1. The van der Waals surface area contributed by atoms with Crippen LogP contribution >= 0.6 is 0 Å². The molecular formula is C27H25NO6. The van der Waals surface area contributed by atoms with Crippen LogP contribution in [0.5, 0.6) is 17.2 Å². The average molecular weight is 459 g/mol. The Bertz CT molecular complexity index is 1230. The van der Waals surface area contributed by atoms with Crippen molar-refractivity contribution in [2.45, 2.75) is 12.6 Å². The molecule has 174 valence electrons. The molecule has 3 aromatic carbocycles. The van der Waals surface area contributed by atoms with Gasteiger partial charge in [0.25, 0.3) is 11.7 Å². The van der Waals surface area contributed by atoms with Gasteiger partial charge in [0.15, 0.2) is 11.5 Å². The molecule has 1 aliphatic heterocycles. The highest BCUT2D eigenvalue weighted by atomic mass is 16.5. The number of aliphatic hydroxyl groups excluding tert-OH is 1. The predicted molar refractivity (Wildman–Crippen MR) is 127 cm³/mol. The third-order valence-electron chi connectivity index (χ3n) is 5.82. The number of hydrogen-bond acceptors (Lipinski definition) is 6. The first-order valence-corrected chi connectivity index (χ1v) is 10.7. The molecule has 1 N–H and O–H groups in total. The molecule has 0 bridgehead atoms. The molecule has 1 saturated heterocycles. The van der Waals surface area contributed by atoms with Gasteiger partial charge in [-0.3, -0.25) is 9.59 Å². The molecule has 1 amide bonds. The van der Waals surface area contributed by atoms with Crippen molar-refractivity contribution in [1.82, 2.24) is 4.90 Å². The molecule has 34 heavy (non-hydrogen) atoms. The largest absolute Gasteiger partial charge is 0.507 e. The van der Waals surface area contributed by atoms with Gasteiger partial charge in [0.2, 0.25) is 0 Å². The molecule has 0 saturated carbocycles. The first-order valence-electron chi connectivity index (χ1n) is 10.7. The molecule has 1 aliphatic rings. The Balaban J connectivity index is 1.86. The smallest absolute Gasteiger partial charge is 0.295 e. The fourth-order valence-electron chi connectivity index (χ4n) is 4.09. The summed E-state index contributed by atoms with van der Waals surface area (Å²) in [6.07, 6.45) is 0. The Labute approximate surface area is 197 Å². The van der Waals surface area contributed by atoms with Gasteiger partial charge >= 0.3 is 0 Å². The molecule has 4 rings (SSSR count). The number of Topliss-reactive ketones (excluding diaryl/α,β-unsaturated/α-hetero) is 1. The van der Waals surface area contributed by atoms with Gasteiger partial charge in [-0.2, -0.15) is 0 Å². The Morgan fingerprint density at radius 1 is 0.853 bits per heavy atom. The third kappa shape index (κ3) is 4.20. The zero-order valence-electron chi connectivity index (χ0n) is 19.1. The van der Waals surface area contributed by atoms with Crippen LogP contribution in [0.2, 0.25) is 0 Å². The van der Waals surface area contributed by atoms with Crippen LogP contribution in [0.4, 0.5) is 0 Å². The van der Waals surface area contributed by atoms with E-state index in [4.69, 9.17) is 14.2 Å². The van der Waals surface area contributed by atoms with E-state index in [1.165, 1.54) is 19.1 Å². The van der Waals surface area contributed by atoms with E-state index >= 15 is 0 Å². The summed E-state index contributed by atoms with van der Waals surface area (Å²) in [6, 6.07) is 20.3. The van der Waals surface area contributed by atoms with Crippen molar-refractivity contribution in [1.29, 1.82) is 0 Å². The lowest BCUT2D eigenvalue weighted by molar-refractivity contribution is -0.140. The first kappa shape index (κ1) is 22.9. The maximum atomic E-state index is 13.2. The molecule has 3 aromatic rings. The second-order valence-electron chi connectivity index (χ2n) is 7.76. The van der Waals surface area contributed by atoms with E-state index in [-0.39, 0.29) is 17.9 Å². The van der Waals surface area contributed by atoms with Crippen molar-refractivity contribution >= 4 is 17.4 Å². The summed E-state index contributed by atoms with van der Waals surface area (Å²) < 4.78 is 16.0. The lowest BCUT2D eigenvalue weighted by Crippen LogP contribution is -2.29. The van der Waals surface area contributed by atoms with Crippen LogP contribution in [0.3, 0.4) is 0 Å². The molecular weight excluding hydrogens is 434 g/mol. The van der Waals surface area contributed by atoms with Crippen LogP contribution in [-0.4, -0.2) is 43.0 Å². The minimum absolute atomic E-state index is 0.0249. The highest BCUT2D eigenvalue weighted by Gasteiger charge is 2.46. The van der Waals surface area contributed by atoms with Crippen LogP contribution in [0, 0.1) is 0 Å². The maximum absolute atomic E-state index is 13.2. The summed E-state index contributed by atoms with van der Waals surface area (Å²) in [4.78, 5) is 27.8. The molecule has 0 spiro atoms. The van der Waals surface area contributed by atoms with Crippen molar-refractivity contribution in [2.24, 2.45) is 0 Å². The number of methoxy groups -OCH3 is 3. The van der Waals surface area contributed by atoms with Gasteiger partial charge in [-0.25, -0.2) is 0 Å². The zero-order valence-corrected chi connectivity index (χ0v) is 19.1. The number of amides is 1. The van der Waals surface area contributed by atoms with Crippen molar-refractivity contribution in [3.63, 3.8) is 0 Å². The highest BCUT2D eigenvalue weighted by Crippen LogP contribution is 2.42. The van der Waals surface area contributed by atoms with Gasteiger partial charge < -0.3 is 24.2 Å². The highest BCUT2D eigenvalue weighted by molar-refractivity contribution is 6.46. The number of ether oxygens (including phenoxy) is 3. The van der Waals surface area contributed by atoms with Crippen molar-refractivity contribution in [3.8, 4) is 17.2 Å². The second kappa shape index (κ2) is 9.70. The summed E-state index contributed by atoms with van der Waals surface area (Å²) in [6.45, 7) is 0.166. The Kier molecular flexibility index (Phi) is 6.54. The molecule has 0 aromatic heterocycles. The molecule has 0 aliphatic carbocycles. The van der Waals surface area contributed by atoms with E-state index in [1.54, 1.807) is 61.7 Å². The quantitative estimate of drug-likeness (QED) is 0.322. The second-order valence-corrected chi connectivity index (χ2v) is 7.76. The fraction of sp³-hybridized carbons (Fsp3) is 0.185. The average Bonchev–Trinajstić information content (AvgIpc) is 3.13. The van der Waals surface area contributed by atoms with Crippen LogP contribution in [0.1, 0.15) is 22.7 Å². The SMILES string of the molecule is COc1ccc(CN2C(=O)C(=O)/C(=C(\O)c3ccccc3)C2c2ccc(OC)c(OC)c2)cc1. The summed E-state index contributed by atoms with van der Waals surface area (Å²) in [7, 11) is 4.62. The summed E-state index contributed by atoms with van der Waals surface area (Å²) in [5.41, 5.74) is 1.91. The lowest BCUT2D eigenvalue weighted by Gasteiger charge is -2.26. The number of ketones is 1.